The highest BCUT2D eigenvalue weighted by Crippen LogP contribution is 2.38. The topological polar surface area (TPSA) is 65.6 Å². The molecule has 1 heterocycles. The number of carbonyl (C=O) groups is 1. The third-order valence-corrected chi connectivity index (χ3v) is 6.85. The van der Waals surface area contributed by atoms with Crippen LogP contribution in [0.25, 0.3) is 0 Å². The minimum atomic E-state index is -0.279. The summed E-state index contributed by atoms with van der Waals surface area (Å²) < 4.78 is 5.63. The number of nitrogens with zero attached hydrogens (tertiary/aromatic N) is 1. The van der Waals surface area contributed by atoms with Gasteiger partial charge >= 0.3 is 0 Å². The molecule has 0 saturated carbocycles. The Balaban J connectivity index is 1.60. The molecular formula is C27H30Cl2N4O2. The van der Waals surface area contributed by atoms with Crippen molar-refractivity contribution in [2.75, 3.05) is 42.3 Å². The number of amides is 1. The zero-order chi connectivity index (χ0) is 25.2. The molecule has 1 amide bonds. The number of hydrogen-bond acceptors (Lipinski definition) is 5. The van der Waals surface area contributed by atoms with Crippen LogP contribution in [0.2, 0.25) is 10.0 Å². The summed E-state index contributed by atoms with van der Waals surface area (Å²) in [7, 11) is 1.59. The standard InChI is InChI=1S/C27H30Cl2N4O2/c1-17-19(28)9-7-11-21(17)31-22-10-6-5-8-18(22)26(34)32-23-14-20(29)24(15-25(23)35-4)33-13-12-30-27(2,3)16-33/h5-11,14-15,30-31H,12-13,16H2,1-4H3,(H,32,34). The van der Waals surface area contributed by atoms with Gasteiger partial charge in [0.05, 0.1) is 34.8 Å². The molecule has 184 valence electrons. The lowest BCUT2D eigenvalue weighted by Crippen LogP contribution is -2.57. The molecule has 3 aromatic carbocycles. The molecule has 3 N–H and O–H groups in total. The van der Waals surface area contributed by atoms with E-state index in [0.29, 0.717) is 32.7 Å². The van der Waals surface area contributed by atoms with Gasteiger partial charge in [-0.2, -0.15) is 0 Å². The van der Waals surface area contributed by atoms with E-state index in [4.69, 9.17) is 27.9 Å². The van der Waals surface area contributed by atoms with Gasteiger partial charge in [-0.3, -0.25) is 4.79 Å². The molecule has 8 heteroatoms. The molecule has 1 aliphatic heterocycles. The number of benzene rings is 3. The number of para-hydroxylation sites is 1. The van der Waals surface area contributed by atoms with Crippen LogP contribution < -0.4 is 25.6 Å². The fourth-order valence-electron chi connectivity index (χ4n) is 4.27. The van der Waals surface area contributed by atoms with E-state index in [2.05, 4.69) is 34.7 Å². The van der Waals surface area contributed by atoms with Gasteiger partial charge in [-0.25, -0.2) is 0 Å². The van der Waals surface area contributed by atoms with E-state index in [1.54, 1.807) is 19.2 Å². The van der Waals surface area contributed by atoms with Gasteiger partial charge in [0, 0.05) is 41.9 Å². The zero-order valence-electron chi connectivity index (χ0n) is 20.3. The fourth-order valence-corrected chi connectivity index (χ4v) is 4.72. The Kier molecular flexibility index (Phi) is 7.45. The summed E-state index contributed by atoms with van der Waals surface area (Å²) in [5.74, 6) is 0.267. The zero-order valence-corrected chi connectivity index (χ0v) is 21.8. The van der Waals surface area contributed by atoms with E-state index < -0.39 is 0 Å². The van der Waals surface area contributed by atoms with Crippen molar-refractivity contribution in [1.29, 1.82) is 0 Å². The minimum absolute atomic E-state index is 0.0280. The first kappa shape index (κ1) is 25.2. The van der Waals surface area contributed by atoms with Crippen molar-refractivity contribution in [3.05, 3.63) is 75.8 Å². The normalized spacial score (nSPS) is 15.0. The second-order valence-corrected chi connectivity index (χ2v) is 10.1. The van der Waals surface area contributed by atoms with Gasteiger partial charge in [-0.1, -0.05) is 41.4 Å². The number of methoxy groups -OCH3 is 1. The Hall–Kier alpha value is -2.93. The average molecular weight is 513 g/mol. The first-order valence-corrected chi connectivity index (χ1v) is 12.2. The molecule has 0 aromatic heterocycles. The molecule has 1 aliphatic rings. The monoisotopic (exact) mass is 512 g/mol. The maximum atomic E-state index is 13.3. The van der Waals surface area contributed by atoms with Gasteiger partial charge in [0.1, 0.15) is 5.75 Å². The Morgan fingerprint density at radius 1 is 1.03 bits per heavy atom. The molecule has 35 heavy (non-hydrogen) atoms. The maximum absolute atomic E-state index is 13.3. The number of carbonyl (C=O) groups excluding carboxylic acids is 1. The number of rotatable bonds is 6. The number of nitrogens with one attached hydrogen (secondary N) is 3. The number of hydrogen-bond donors (Lipinski definition) is 3. The molecule has 3 aromatic rings. The van der Waals surface area contributed by atoms with Gasteiger partial charge in [0.15, 0.2) is 0 Å². The summed E-state index contributed by atoms with van der Waals surface area (Å²) in [6.45, 7) is 8.76. The van der Waals surface area contributed by atoms with Gasteiger partial charge in [0.25, 0.3) is 5.91 Å². The van der Waals surface area contributed by atoms with E-state index in [0.717, 1.165) is 36.6 Å². The number of halogens is 2. The largest absolute Gasteiger partial charge is 0.494 e. The van der Waals surface area contributed by atoms with Crippen LogP contribution >= 0.6 is 23.2 Å². The third kappa shape index (κ3) is 5.67. The van der Waals surface area contributed by atoms with Crippen LogP contribution in [0.4, 0.5) is 22.7 Å². The average Bonchev–Trinajstić information content (AvgIpc) is 2.82. The predicted octanol–water partition coefficient (Wildman–Crippen LogP) is 6.49. The smallest absolute Gasteiger partial charge is 0.257 e. The molecule has 0 unspecified atom stereocenters. The minimum Gasteiger partial charge on any atom is -0.494 e. The van der Waals surface area contributed by atoms with Crippen LogP contribution in [0.3, 0.4) is 0 Å². The van der Waals surface area contributed by atoms with E-state index >= 15 is 0 Å². The molecule has 0 spiro atoms. The van der Waals surface area contributed by atoms with Gasteiger partial charge in [-0.05, 0) is 56.7 Å². The highest BCUT2D eigenvalue weighted by molar-refractivity contribution is 6.34. The van der Waals surface area contributed by atoms with Crippen molar-refractivity contribution < 1.29 is 9.53 Å². The molecule has 1 saturated heterocycles. The second kappa shape index (κ2) is 10.4. The summed E-state index contributed by atoms with van der Waals surface area (Å²) in [6, 6.07) is 16.6. The van der Waals surface area contributed by atoms with E-state index in [-0.39, 0.29) is 11.4 Å². The van der Waals surface area contributed by atoms with Crippen molar-refractivity contribution in [3.63, 3.8) is 0 Å². The predicted molar refractivity (Wildman–Crippen MR) is 146 cm³/mol. The summed E-state index contributed by atoms with van der Waals surface area (Å²) in [4.78, 5) is 15.6. The van der Waals surface area contributed by atoms with E-state index in [1.165, 1.54) is 0 Å². The lowest BCUT2D eigenvalue weighted by Gasteiger charge is -2.40. The molecule has 6 nitrogen and oxygen atoms in total. The highest BCUT2D eigenvalue weighted by Gasteiger charge is 2.28. The van der Waals surface area contributed by atoms with E-state index in [1.807, 2.05) is 49.4 Å². The maximum Gasteiger partial charge on any atom is 0.257 e. The van der Waals surface area contributed by atoms with Crippen LogP contribution in [0, 0.1) is 6.92 Å². The molecule has 0 bridgehead atoms. The molecule has 1 fully saturated rings. The van der Waals surface area contributed by atoms with Crippen molar-refractivity contribution >= 4 is 51.9 Å². The Morgan fingerprint density at radius 3 is 2.51 bits per heavy atom. The second-order valence-electron chi connectivity index (χ2n) is 9.27. The molecular weight excluding hydrogens is 483 g/mol. The van der Waals surface area contributed by atoms with Crippen LogP contribution in [0.15, 0.2) is 54.6 Å². The Bertz CT molecular complexity index is 1250. The molecule has 0 aliphatic carbocycles. The van der Waals surface area contributed by atoms with Crippen molar-refractivity contribution in [2.45, 2.75) is 26.3 Å². The lowest BCUT2D eigenvalue weighted by molar-refractivity contribution is 0.102. The third-order valence-electron chi connectivity index (χ3n) is 6.14. The number of ether oxygens (including phenoxy) is 1. The summed E-state index contributed by atoms with van der Waals surface area (Å²) in [5, 5.41) is 11.0. The van der Waals surface area contributed by atoms with Gasteiger partial charge in [0.2, 0.25) is 0 Å². The van der Waals surface area contributed by atoms with Crippen LogP contribution in [0.5, 0.6) is 5.75 Å². The Labute approximate surface area is 216 Å². The van der Waals surface area contributed by atoms with Crippen molar-refractivity contribution in [3.8, 4) is 5.75 Å². The van der Waals surface area contributed by atoms with Crippen molar-refractivity contribution in [2.24, 2.45) is 0 Å². The van der Waals surface area contributed by atoms with Crippen molar-refractivity contribution in [1.82, 2.24) is 5.32 Å². The summed E-state index contributed by atoms with van der Waals surface area (Å²) >= 11 is 13.0. The van der Waals surface area contributed by atoms with Gasteiger partial charge in [-0.15, -0.1) is 0 Å². The summed E-state index contributed by atoms with van der Waals surface area (Å²) in [5.41, 5.74) is 4.26. The Morgan fingerprint density at radius 2 is 1.77 bits per heavy atom. The first-order valence-electron chi connectivity index (χ1n) is 11.5. The molecule has 0 radical (unpaired) electrons. The lowest BCUT2D eigenvalue weighted by atomic mass is 10.0. The highest BCUT2D eigenvalue weighted by atomic mass is 35.5. The van der Waals surface area contributed by atoms with Gasteiger partial charge < -0.3 is 25.6 Å². The van der Waals surface area contributed by atoms with Crippen LogP contribution in [-0.2, 0) is 0 Å². The summed E-state index contributed by atoms with van der Waals surface area (Å²) in [6.07, 6.45) is 0. The first-order chi connectivity index (χ1) is 16.7. The van der Waals surface area contributed by atoms with E-state index in [9.17, 15) is 4.79 Å². The number of anilines is 4. The molecule has 4 rings (SSSR count). The van der Waals surface area contributed by atoms with Crippen LogP contribution in [-0.4, -0.2) is 38.2 Å². The molecule has 0 atom stereocenters. The quantitative estimate of drug-likeness (QED) is 0.352. The fraction of sp³-hybridized carbons (Fsp3) is 0.296. The van der Waals surface area contributed by atoms with Crippen LogP contribution in [0.1, 0.15) is 29.8 Å². The SMILES string of the molecule is COc1cc(N2CCNC(C)(C)C2)c(Cl)cc1NC(=O)c1ccccc1Nc1cccc(Cl)c1C. The number of piperazine rings is 1.